The molecular formula is C21H22N4O2. The van der Waals surface area contributed by atoms with Crippen LogP contribution in [0.2, 0.25) is 0 Å². The summed E-state index contributed by atoms with van der Waals surface area (Å²) in [6.07, 6.45) is 0.821. The number of aromatic nitrogens is 2. The van der Waals surface area contributed by atoms with Crippen molar-refractivity contribution in [3.05, 3.63) is 71.9 Å². The highest BCUT2D eigenvalue weighted by Crippen LogP contribution is 2.18. The van der Waals surface area contributed by atoms with E-state index >= 15 is 0 Å². The first-order chi connectivity index (χ1) is 13.1. The Bertz CT molecular complexity index is 934. The van der Waals surface area contributed by atoms with E-state index in [2.05, 4.69) is 15.5 Å². The molecule has 1 aromatic heterocycles. The highest BCUT2D eigenvalue weighted by molar-refractivity contribution is 5.99. The normalized spacial score (nSPS) is 10.4. The van der Waals surface area contributed by atoms with E-state index in [9.17, 15) is 9.59 Å². The molecule has 27 heavy (non-hydrogen) atoms. The van der Waals surface area contributed by atoms with Crippen LogP contribution in [0, 0.1) is 0 Å². The van der Waals surface area contributed by atoms with Crippen molar-refractivity contribution in [2.24, 2.45) is 0 Å². The number of nitrogens with zero attached hydrogens (tertiary/aromatic N) is 2. The molecule has 0 radical (unpaired) electrons. The number of nitrogens with one attached hydrogen (secondary N) is 2. The molecule has 0 atom stereocenters. The van der Waals surface area contributed by atoms with E-state index in [1.807, 2.05) is 61.5 Å². The SMILES string of the molecule is CCc1ccccc1NC(=O)CN(C)C(=O)c1cc(-c2ccccc2)n[nH]1. The summed E-state index contributed by atoms with van der Waals surface area (Å²) < 4.78 is 0. The molecule has 0 saturated carbocycles. The number of aromatic amines is 1. The van der Waals surface area contributed by atoms with Crippen LogP contribution in [-0.4, -0.2) is 40.5 Å². The van der Waals surface area contributed by atoms with Gasteiger partial charge in [0.05, 0.1) is 12.2 Å². The summed E-state index contributed by atoms with van der Waals surface area (Å²) in [5.41, 5.74) is 3.79. The fourth-order valence-corrected chi connectivity index (χ4v) is 2.82. The van der Waals surface area contributed by atoms with Gasteiger partial charge >= 0.3 is 0 Å². The number of anilines is 1. The monoisotopic (exact) mass is 362 g/mol. The van der Waals surface area contributed by atoms with E-state index in [1.165, 1.54) is 4.90 Å². The minimum atomic E-state index is -0.288. The maximum Gasteiger partial charge on any atom is 0.272 e. The molecule has 0 saturated heterocycles. The zero-order chi connectivity index (χ0) is 19.2. The number of H-pyrrole nitrogens is 1. The Morgan fingerprint density at radius 3 is 2.52 bits per heavy atom. The maximum atomic E-state index is 12.6. The third-order valence-corrected chi connectivity index (χ3v) is 4.28. The van der Waals surface area contributed by atoms with Gasteiger partial charge in [-0.1, -0.05) is 55.5 Å². The van der Waals surface area contributed by atoms with Gasteiger partial charge in [-0.15, -0.1) is 0 Å². The number of hydrogen-bond donors (Lipinski definition) is 2. The second-order valence-corrected chi connectivity index (χ2v) is 6.25. The summed E-state index contributed by atoms with van der Waals surface area (Å²) in [7, 11) is 1.59. The molecule has 0 spiro atoms. The Balaban J connectivity index is 1.64. The average molecular weight is 362 g/mol. The first-order valence-electron chi connectivity index (χ1n) is 8.82. The molecule has 0 aliphatic heterocycles. The number of aryl methyl sites for hydroxylation is 1. The lowest BCUT2D eigenvalue weighted by Crippen LogP contribution is -2.35. The van der Waals surface area contributed by atoms with E-state index in [1.54, 1.807) is 13.1 Å². The molecule has 138 valence electrons. The van der Waals surface area contributed by atoms with Crippen LogP contribution < -0.4 is 5.32 Å². The van der Waals surface area contributed by atoms with Gasteiger partial charge in [-0.05, 0) is 24.1 Å². The highest BCUT2D eigenvalue weighted by Gasteiger charge is 2.18. The first-order valence-corrected chi connectivity index (χ1v) is 8.82. The Morgan fingerprint density at radius 1 is 1.07 bits per heavy atom. The minimum Gasteiger partial charge on any atom is -0.331 e. The predicted molar refractivity (Wildman–Crippen MR) is 105 cm³/mol. The number of para-hydroxylation sites is 1. The lowest BCUT2D eigenvalue weighted by Gasteiger charge is -2.16. The number of carbonyl (C=O) groups is 2. The van der Waals surface area contributed by atoms with Crippen LogP contribution in [-0.2, 0) is 11.2 Å². The van der Waals surface area contributed by atoms with Gasteiger partial charge in [0.25, 0.3) is 5.91 Å². The topological polar surface area (TPSA) is 78.1 Å². The second kappa shape index (κ2) is 8.31. The van der Waals surface area contributed by atoms with Gasteiger partial charge < -0.3 is 10.2 Å². The Hall–Kier alpha value is -3.41. The van der Waals surface area contributed by atoms with E-state index in [0.717, 1.165) is 23.2 Å². The third kappa shape index (κ3) is 4.41. The van der Waals surface area contributed by atoms with E-state index in [0.29, 0.717) is 11.4 Å². The molecule has 3 aromatic rings. The zero-order valence-electron chi connectivity index (χ0n) is 15.4. The Morgan fingerprint density at radius 2 is 1.78 bits per heavy atom. The number of likely N-dealkylation sites (N-methyl/N-ethyl adjacent to an activating group) is 1. The smallest absolute Gasteiger partial charge is 0.272 e. The molecule has 2 aromatic carbocycles. The van der Waals surface area contributed by atoms with Gasteiger partial charge in [-0.2, -0.15) is 5.10 Å². The number of hydrogen-bond acceptors (Lipinski definition) is 3. The van der Waals surface area contributed by atoms with Gasteiger partial charge in [0.1, 0.15) is 5.69 Å². The maximum absolute atomic E-state index is 12.6. The van der Waals surface area contributed by atoms with Crippen molar-refractivity contribution in [2.45, 2.75) is 13.3 Å². The van der Waals surface area contributed by atoms with Crippen molar-refractivity contribution >= 4 is 17.5 Å². The third-order valence-electron chi connectivity index (χ3n) is 4.28. The summed E-state index contributed by atoms with van der Waals surface area (Å²) in [6.45, 7) is 1.99. The molecule has 3 rings (SSSR count). The molecule has 6 nitrogen and oxygen atoms in total. The van der Waals surface area contributed by atoms with Crippen LogP contribution in [0.4, 0.5) is 5.69 Å². The van der Waals surface area contributed by atoms with E-state index < -0.39 is 0 Å². The molecule has 2 N–H and O–H groups in total. The molecule has 0 unspecified atom stereocenters. The van der Waals surface area contributed by atoms with Crippen LogP contribution in [0.15, 0.2) is 60.7 Å². The summed E-state index contributed by atoms with van der Waals surface area (Å²) in [5.74, 6) is -0.529. The number of carbonyl (C=O) groups excluding carboxylic acids is 2. The van der Waals surface area contributed by atoms with E-state index in [-0.39, 0.29) is 18.4 Å². The largest absolute Gasteiger partial charge is 0.331 e. The van der Waals surface area contributed by atoms with E-state index in [4.69, 9.17) is 0 Å². The van der Waals surface area contributed by atoms with Crippen LogP contribution >= 0.6 is 0 Å². The summed E-state index contributed by atoms with van der Waals surface area (Å²) in [5, 5.41) is 9.81. The fourth-order valence-electron chi connectivity index (χ4n) is 2.82. The quantitative estimate of drug-likeness (QED) is 0.706. The van der Waals surface area contributed by atoms with Crippen molar-refractivity contribution in [1.29, 1.82) is 0 Å². The number of amides is 2. The van der Waals surface area contributed by atoms with Crippen molar-refractivity contribution in [3.8, 4) is 11.3 Å². The predicted octanol–water partition coefficient (Wildman–Crippen LogP) is 3.35. The van der Waals surface area contributed by atoms with Crippen LogP contribution in [0.1, 0.15) is 23.0 Å². The fraction of sp³-hybridized carbons (Fsp3) is 0.190. The highest BCUT2D eigenvalue weighted by atomic mass is 16.2. The molecular weight excluding hydrogens is 340 g/mol. The standard InChI is InChI=1S/C21H22N4O2/c1-3-15-9-7-8-12-17(15)22-20(26)14-25(2)21(27)19-13-18(23-24-19)16-10-5-4-6-11-16/h4-13H,3,14H2,1-2H3,(H,22,26)(H,23,24). The summed E-state index contributed by atoms with van der Waals surface area (Å²) in [6, 6.07) is 18.9. The molecule has 0 aliphatic rings. The molecule has 0 bridgehead atoms. The lowest BCUT2D eigenvalue weighted by atomic mass is 10.1. The summed E-state index contributed by atoms with van der Waals surface area (Å²) in [4.78, 5) is 26.3. The summed E-state index contributed by atoms with van der Waals surface area (Å²) >= 11 is 0. The van der Waals surface area contributed by atoms with Crippen LogP contribution in [0.5, 0.6) is 0 Å². The molecule has 2 amide bonds. The van der Waals surface area contributed by atoms with Gasteiger partial charge in [-0.25, -0.2) is 0 Å². The first kappa shape index (κ1) is 18.4. The minimum absolute atomic E-state index is 0.0451. The Labute approximate surface area is 158 Å². The molecule has 6 heteroatoms. The van der Waals surface area contributed by atoms with Crippen LogP contribution in [0.25, 0.3) is 11.3 Å². The van der Waals surface area contributed by atoms with Crippen molar-refractivity contribution in [3.63, 3.8) is 0 Å². The number of benzene rings is 2. The van der Waals surface area contributed by atoms with Gasteiger partial charge in [-0.3, -0.25) is 14.7 Å². The Kier molecular flexibility index (Phi) is 5.66. The number of rotatable bonds is 6. The second-order valence-electron chi connectivity index (χ2n) is 6.25. The van der Waals surface area contributed by atoms with Crippen molar-refractivity contribution < 1.29 is 9.59 Å². The van der Waals surface area contributed by atoms with Gasteiger partial charge in [0.2, 0.25) is 5.91 Å². The van der Waals surface area contributed by atoms with Gasteiger partial charge in [0, 0.05) is 18.3 Å². The molecule has 0 aliphatic carbocycles. The van der Waals surface area contributed by atoms with Crippen molar-refractivity contribution in [2.75, 3.05) is 18.9 Å². The average Bonchev–Trinajstić information content (AvgIpc) is 3.18. The lowest BCUT2D eigenvalue weighted by molar-refractivity contribution is -0.116. The van der Waals surface area contributed by atoms with Crippen molar-refractivity contribution in [1.82, 2.24) is 15.1 Å². The zero-order valence-corrected chi connectivity index (χ0v) is 15.4. The molecule has 1 heterocycles. The molecule has 0 fully saturated rings. The van der Waals surface area contributed by atoms with Gasteiger partial charge in [0.15, 0.2) is 0 Å². The van der Waals surface area contributed by atoms with Crippen LogP contribution in [0.3, 0.4) is 0 Å².